The second-order valence-electron chi connectivity index (χ2n) is 7.65. The lowest BCUT2D eigenvalue weighted by Gasteiger charge is -2.19. The number of carbonyl (C=O) groups is 1. The normalized spacial score (nSPS) is 14.7. The van der Waals surface area contributed by atoms with Gasteiger partial charge in [0.1, 0.15) is 0 Å². The fourth-order valence-corrected chi connectivity index (χ4v) is 5.03. The van der Waals surface area contributed by atoms with Crippen molar-refractivity contribution in [1.29, 1.82) is 0 Å². The Morgan fingerprint density at radius 3 is 2.39 bits per heavy atom. The number of carboxylic acids is 1. The Bertz CT molecular complexity index is 1290. The first-order chi connectivity index (χ1) is 15.8. The molecule has 0 spiro atoms. The molecule has 1 aliphatic heterocycles. The van der Waals surface area contributed by atoms with E-state index in [4.69, 9.17) is 5.73 Å². The maximum atomic E-state index is 13.2. The highest BCUT2D eigenvalue weighted by molar-refractivity contribution is 7.89. The molecule has 1 heterocycles. The molecular weight excluding hydrogens is 440 g/mol. The average molecular weight is 465 g/mol. The van der Waals surface area contributed by atoms with Crippen LogP contribution in [0.5, 0.6) is 0 Å². The molecule has 3 aromatic rings. The Hall–Kier alpha value is -3.69. The first-order valence-corrected chi connectivity index (χ1v) is 11.9. The topological polar surface area (TPSA) is 125 Å². The van der Waals surface area contributed by atoms with Crippen LogP contribution in [0.25, 0.3) is 11.1 Å². The molecule has 170 valence electrons. The minimum absolute atomic E-state index is 0.0546. The van der Waals surface area contributed by atoms with E-state index >= 15 is 0 Å². The fraction of sp³-hybridized carbons (Fsp3) is 0.167. The number of guanidine groups is 1. The number of nitrogens with one attached hydrogen (secondary N) is 1. The van der Waals surface area contributed by atoms with Crippen LogP contribution in [0, 0.1) is 0 Å². The Morgan fingerprint density at radius 2 is 1.73 bits per heavy atom. The molecule has 0 aliphatic carbocycles. The van der Waals surface area contributed by atoms with Crippen LogP contribution in [0.1, 0.15) is 18.0 Å². The zero-order valence-electron chi connectivity index (χ0n) is 17.8. The number of nitrogens with zero attached hydrogens (tertiary/aromatic N) is 2. The van der Waals surface area contributed by atoms with Crippen LogP contribution in [-0.4, -0.2) is 38.5 Å². The first kappa shape index (κ1) is 22.5. The van der Waals surface area contributed by atoms with Gasteiger partial charge in [0, 0.05) is 12.2 Å². The van der Waals surface area contributed by atoms with Crippen LogP contribution >= 0.6 is 0 Å². The van der Waals surface area contributed by atoms with Crippen molar-refractivity contribution in [2.24, 2.45) is 10.7 Å². The number of aliphatic imine (C=N–C) groups is 1. The van der Waals surface area contributed by atoms with Crippen LogP contribution in [0.2, 0.25) is 0 Å². The molecule has 0 saturated carbocycles. The summed E-state index contributed by atoms with van der Waals surface area (Å²) < 4.78 is 28.9. The summed E-state index contributed by atoms with van der Waals surface area (Å²) in [4.78, 5) is 17.5. The molecular formula is C24H24N4O4S. The highest BCUT2D eigenvalue weighted by atomic mass is 32.2. The predicted octanol–water partition coefficient (Wildman–Crippen LogP) is 2.98. The molecule has 1 atom stereocenters. The summed E-state index contributed by atoms with van der Waals surface area (Å²) in [5.41, 5.74) is 8.96. The molecule has 3 aromatic carbocycles. The summed E-state index contributed by atoms with van der Waals surface area (Å²) in [6.45, 7) is 1.33. The van der Waals surface area contributed by atoms with E-state index in [9.17, 15) is 18.3 Å². The monoisotopic (exact) mass is 464 g/mol. The maximum absolute atomic E-state index is 13.2. The van der Waals surface area contributed by atoms with Crippen molar-refractivity contribution in [1.82, 2.24) is 4.72 Å². The van der Waals surface area contributed by atoms with Gasteiger partial charge in [-0.3, -0.25) is 9.79 Å². The second-order valence-corrected chi connectivity index (χ2v) is 9.37. The summed E-state index contributed by atoms with van der Waals surface area (Å²) in [7, 11) is -3.98. The van der Waals surface area contributed by atoms with Crippen molar-refractivity contribution in [3.05, 3.63) is 84.4 Å². The van der Waals surface area contributed by atoms with Gasteiger partial charge in [0.2, 0.25) is 10.0 Å². The van der Waals surface area contributed by atoms with E-state index in [0.29, 0.717) is 30.2 Å². The number of benzene rings is 3. The third kappa shape index (κ3) is 5.21. The molecule has 0 aromatic heterocycles. The lowest BCUT2D eigenvalue weighted by Crippen LogP contribution is -2.33. The molecule has 4 rings (SSSR count). The Kier molecular flexibility index (Phi) is 6.43. The molecule has 1 aliphatic rings. The van der Waals surface area contributed by atoms with Crippen molar-refractivity contribution >= 4 is 27.6 Å². The molecule has 9 heteroatoms. The van der Waals surface area contributed by atoms with Crippen molar-refractivity contribution in [3.8, 4) is 11.1 Å². The summed E-state index contributed by atoms with van der Waals surface area (Å²) >= 11 is 0. The van der Waals surface area contributed by atoms with E-state index < -0.39 is 22.0 Å². The number of sulfonamides is 1. The van der Waals surface area contributed by atoms with E-state index in [-0.39, 0.29) is 11.3 Å². The third-order valence-corrected chi connectivity index (χ3v) is 6.86. The number of hydrogen-bond donors (Lipinski definition) is 3. The van der Waals surface area contributed by atoms with Gasteiger partial charge < -0.3 is 15.7 Å². The summed E-state index contributed by atoms with van der Waals surface area (Å²) in [6.07, 6.45) is -0.371. The number of nitrogens with two attached hydrogens (primary N) is 1. The Labute approximate surface area is 192 Å². The largest absolute Gasteiger partial charge is 0.481 e. The Morgan fingerprint density at radius 1 is 1.03 bits per heavy atom. The van der Waals surface area contributed by atoms with Crippen molar-refractivity contribution in [3.63, 3.8) is 0 Å². The van der Waals surface area contributed by atoms with Gasteiger partial charge in [0.05, 0.1) is 23.9 Å². The van der Waals surface area contributed by atoms with Crippen molar-refractivity contribution in [2.75, 3.05) is 18.0 Å². The molecule has 4 N–H and O–H groups in total. The van der Waals surface area contributed by atoms with Crippen LogP contribution in [0.4, 0.5) is 5.69 Å². The predicted molar refractivity (Wildman–Crippen MR) is 127 cm³/mol. The molecule has 33 heavy (non-hydrogen) atoms. The van der Waals surface area contributed by atoms with E-state index in [1.54, 1.807) is 42.5 Å². The summed E-state index contributed by atoms with van der Waals surface area (Å²) in [5, 5.41) is 9.28. The minimum atomic E-state index is -3.98. The van der Waals surface area contributed by atoms with Gasteiger partial charge in [-0.1, -0.05) is 54.6 Å². The Balaban J connectivity index is 1.63. The highest BCUT2D eigenvalue weighted by Gasteiger charge is 2.24. The zero-order chi connectivity index (χ0) is 23.4. The van der Waals surface area contributed by atoms with Crippen molar-refractivity contribution in [2.45, 2.75) is 17.4 Å². The number of aliphatic carboxylic acids is 1. The number of rotatable bonds is 8. The number of anilines is 1. The van der Waals surface area contributed by atoms with E-state index in [0.717, 1.165) is 11.3 Å². The molecule has 8 nitrogen and oxygen atoms in total. The molecule has 0 amide bonds. The molecule has 0 radical (unpaired) electrons. The van der Waals surface area contributed by atoms with Gasteiger partial charge in [-0.25, -0.2) is 13.1 Å². The lowest BCUT2D eigenvalue weighted by molar-refractivity contribution is -0.137. The molecule has 0 saturated heterocycles. The van der Waals surface area contributed by atoms with Gasteiger partial charge >= 0.3 is 5.97 Å². The zero-order valence-corrected chi connectivity index (χ0v) is 18.6. The van der Waals surface area contributed by atoms with Crippen LogP contribution in [0.15, 0.2) is 88.8 Å². The number of hydrogen-bond acceptors (Lipinski definition) is 6. The van der Waals surface area contributed by atoms with E-state index in [2.05, 4.69) is 9.71 Å². The van der Waals surface area contributed by atoms with Crippen molar-refractivity contribution < 1.29 is 18.3 Å². The quantitative estimate of drug-likeness (QED) is 0.471. The smallest absolute Gasteiger partial charge is 0.305 e. The number of carboxylic acid groups (broad SMARTS) is 1. The third-order valence-electron chi connectivity index (χ3n) is 5.39. The standard InChI is InChI=1S/C24H24N4O4S/c25-24-26-12-13-28(24)20-10-4-8-18(14-20)19-9-5-11-21(15-19)33(31,32)27-22(16-23(29)30)17-6-2-1-3-7-17/h1-11,14-15,22,27H,12-13,16H2,(H2,25,26)(H,29,30). The average Bonchev–Trinajstić information content (AvgIpc) is 3.25. The fourth-order valence-electron chi connectivity index (χ4n) is 3.76. The summed E-state index contributed by atoms with van der Waals surface area (Å²) in [6, 6.07) is 22.0. The maximum Gasteiger partial charge on any atom is 0.305 e. The summed E-state index contributed by atoms with van der Waals surface area (Å²) in [5.74, 6) is -0.639. The van der Waals surface area contributed by atoms with Gasteiger partial charge in [-0.15, -0.1) is 0 Å². The molecule has 0 bridgehead atoms. The van der Waals surface area contributed by atoms with Gasteiger partial charge in [0.25, 0.3) is 0 Å². The second kappa shape index (κ2) is 9.43. The van der Waals surface area contributed by atoms with Crippen LogP contribution in [0.3, 0.4) is 0 Å². The molecule has 1 unspecified atom stereocenters. The van der Waals surface area contributed by atoms with Crippen LogP contribution < -0.4 is 15.4 Å². The van der Waals surface area contributed by atoms with Gasteiger partial charge in [0.15, 0.2) is 5.96 Å². The van der Waals surface area contributed by atoms with E-state index in [1.165, 1.54) is 6.07 Å². The van der Waals surface area contributed by atoms with Crippen LogP contribution in [-0.2, 0) is 14.8 Å². The van der Waals surface area contributed by atoms with Gasteiger partial charge in [-0.2, -0.15) is 0 Å². The highest BCUT2D eigenvalue weighted by Crippen LogP contribution is 2.28. The van der Waals surface area contributed by atoms with E-state index in [1.807, 2.05) is 35.2 Å². The minimum Gasteiger partial charge on any atom is -0.481 e. The first-order valence-electron chi connectivity index (χ1n) is 10.4. The lowest BCUT2D eigenvalue weighted by atomic mass is 10.0. The SMILES string of the molecule is NC1=NCCN1c1cccc(-c2cccc(S(=O)(=O)NC(CC(=O)O)c3ccccc3)c2)c1. The van der Waals surface area contributed by atoms with Gasteiger partial charge in [-0.05, 0) is 41.0 Å². The molecule has 0 fully saturated rings.